The van der Waals surface area contributed by atoms with Gasteiger partial charge >= 0.3 is 0 Å². The van der Waals surface area contributed by atoms with Gasteiger partial charge in [-0.25, -0.2) is 18.6 Å². The molecule has 0 aliphatic heterocycles. The molecule has 0 aliphatic carbocycles. The van der Waals surface area contributed by atoms with E-state index in [4.69, 9.17) is 41.8 Å². The summed E-state index contributed by atoms with van der Waals surface area (Å²) in [5.41, 5.74) is 9.34. The molecule has 41 heavy (non-hydrogen) atoms. The lowest BCUT2D eigenvalue weighted by atomic mass is 9.88. The normalized spacial score (nSPS) is 11.3. The average molecular weight is 623 g/mol. The molecule has 0 fully saturated rings. The summed E-state index contributed by atoms with van der Waals surface area (Å²) in [6, 6.07) is 40.0. The minimum absolute atomic E-state index is 0.727. The number of thiazole rings is 1. The molecule has 5 aromatic carbocycles. The molecule has 0 amide bonds. The molecule has 5 nitrogen and oxygen atoms in total. The van der Waals surface area contributed by atoms with Crippen LogP contribution in [-0.4, -0.2) is 0 Å². The number of aryl methyl sites for hydroxylation is 1. The Hall–Kier alpha value is -3.30. The van der Waals surface area contributed by atoms with Crippen molar-refractivity contribution in [2.24, 2.45) is 7.05 Å². The third-order valence-electron chi connectivity index (χ3n) is 6.51. The summed E-state index contributed by atoms with van der Waals surface area (Å²) in [4.78, 5) is 0. The number of rotatable bonds is 4. The van der Waals surface area contributed by atoms with E-state index in [9.17, 15) is 0 Å². The van der Waals surface area contributed by atoms with E-state index in [0.717, 1.165) is 26.7 Å². The highest BCUT2D eigenvalue weighted by atomic mass is 35.7. The Kier molecular flexibility index (Phi) is 8.75. The van der Waals surface area contributed by atoms with Crippen molar-refractivity contribution in [1.29, 1.82) is 0 Å². The second kappa shape index (κ2) is 12.3. The minimum atomic E-state index is -4.94. The maximum Gasteiger partial charge on any atom is 0.271 e. The number of fused-ring (bicyclic) bond motifs is 1. The molecule has 1 heterocycles. The summed E-state index contributed by atoms with van der Waals surface area (Å²) in [7, 11) is -2.80. The molecule has 0 saturated heterocycles. The number of benzene rings is 5. The number of nitrogens with zero attached hydrogens (tertiary/aromatic N) is 1. The van der Waals surface area contributed by atoms with E-state index in [1.165, 1.54) is 37.5 Å². The van der Waals surface area contributed by atoms with E-state index in [1.54, 1.807) is 0 Å². The summed E-state index contributed by atoms with van der Waals surface area (Å²) in [5.74, 6) is 0. The molecular weight excluding hydrogens is 601 g/mol. The van der Waals surface area contributed by atoms with Crippen LogP contribution in [0.25, 0.3) is 54.2 Å². The molecule has 0 atom stereocenters. The van der Waals surface area contributed by atoms with Gasteiger partial charge in [0.1, 0.15) is 11.7 Å². The van der Waals surface area contributed by atoms with Gasteiger partial charge in [-0.15, -0.1) is 10.2 Å². The molecule has 6 rings (SSSR count). The number of aromatic nitrogens is 1. The van der Waals surface area contributed by atoms with E-state index >= 15 is 0 Å². The summed E-state index contributed by atoms with van der Waals surface area (Å²) in [6.07, 6.45) is 0. The van der Waals surface area contributed by atoms with Crippen molar-refractivity contribution in [2.45, 2.75) is 0 Å². The van der Waals surface area contributed by atoms with Crippen LogP contribution in [0.2, 0.25) is 10.0 Å². The lowest BCUT2D eigenvalue weighted by Gasteiger charge is -2.17. The smallest absolute Gasteiger partial charge is 0.222 e. The van der Waals surface area contributed by atoms with E-state index in [1.807, 2.05) is 35.6 Å². The van der Waals surface area contributed by atoms with Gasteiger partial charge in [-0.05, 0) is 75.8 Å². The molecule has 0 unspecified atom stereocenters. The molecule has 9 heteroatoms. The first-order chi connectivity index (χ1) is 19.6. The zero-order valence-electron chi connectivity index (χ0n) is 21.6. The Balaban J connectivity index is 0.000000623. The summed E-state index contributed by atoms with van der Waals surface area (Å²) < 4.78 is 37.5. The Morgan fingerprint density at radius 1 is 0.585 bits per heavy atom. The van der Waals surface area contributed by atoms with Crippen LogP contribution >= 0.6 is 34.5 Å². The summed E-state index contributed by atoms with van der Waals surface area (Å²) in [5, 5.41) is 2.65. The SMILES string of the molecule is C[n+]1c(-c2c(-c3ccc(Cl)cc3)cc(-c3ccccc3)cc2-c2ccc(Cl)cc2)sc2ccccc21.[O-][Cl+3]([O-])([O-])[O-]. The van der Waals surface area contributed by atoms with Crippen LogP contribution in [0.1, 0.15) is 0 Å². The van der Waals surface area contributed by atoms with Crippen molar-refractivity contribution in [3.8, 4) is 44.0 Å². The monoisotopic (exact) mass is 621 g/mol. The zero-order valence-corrected chi connectivity index (χ0v) is 24.7. The van der Waals surface area contributed by atoms with E-state index in [2.05, 4.69) is 103 Å². The lowest BCUT2D eigenvalue weighted by molar-refractivity contribution is -2.00. The van der Waals surface area contributed by atoms with Gasteiger partial charge in [-0.1, -0.05) is 101 Å². The van der Waals surface area contributed by atoms with Gasteiger partial charge in [0, 0.05) is 16.1 Å². The van der Waals surface area contributed by atoms with Crippen LogP contribution in [0.15, 0.2) is 115 Å². The van der Waals surface area contributed by atoms with Gasteiger partial charge in [0.05, 0.1) is 5.56 Å². The highest BCUT2D eigenvalue weighted by Crippen LogP contribution is 2.45. The highest BCUT2D eigenvalue weighted by molar-refractivity contribution is 7.21. The first-order valence-electron chi connectivity index (χ1n) is 12.3. The third kappa shape index (κ3) is 6.96. The second-order valence-corrected chi connectivity index (χ2v) is 11.8. The second-order valence-electron chi connectivity index (χ2n) is 9.14. The van der Waals surface area contributed by atoms with Gasteiger partial charge in [0.25, 0.3) is 5.01 Å². The lowest BCUT2D eigenvalue weighted by Crippen LogP contribution is -2.68. The molecule has 0 aliphatic rings. The highest BCUT2D eigenvalue weighted by Gasteiger charge is 2.26. The first kappa shape index (κ1) is 29.2. The van der Waals surface area contributed by atoms with Crippen molar-refractivity contribution in [3.63, 3.8) is 0 Å². The van der Waals surface area contributed by atoms with Crippen molar-refractivity contribution >= 4 is 44.8 Å². The van der Waals surface area contributed by atoms with Crippen LogP contribution in [-0.2, 0) is 7.05 Å². The van der Waals surface area contributed by atoms with Gasteiger partial charge in [-0.3, -0.25) is 0 Å². The Morgan fingerprint density at radius 3 is 1.54 bits per heavy atom. The summed E-state index contributed by atoms with van der Waals surface area (Å²) in [6.45, 7) is 0. The topological polar surface area (TPSA) is 96.1 Å². The van der Waals surface area contributed by atoms with E-state index in [0.29, 0.717) is 0 Å². The molecule has 0 N–H and O–H groups in total. The fourth-order valence-corrected chi connectivity index (χ4v) is 6.18. The quantitative estimate of drug-likeness (QED) is 0.260. The Bertz CT molecular complexity index is 1730. The predicted octanol–water partition coefficient (Wildman–Crippen LogP) is 4.94. The standard InChI is InChI=1S/C32H22Cl2NS.ClHO4/c1-35-29-9-5-6-10-30(29)36-32(35)31-27(22-11-15-25(33)16-12-22)19-24(21-7-3-2-4-8-21)20-28(31)23-13-17-26(34)18-14-23;2-1(3,4)5/h2-20H,1H3;(H,2,3,4,5)/q+1;/p-1. The molecule has 0 bridgehead atoms. The number of hydrogen-bond donors (Lipinski definition) is 0. The Morgan fingerprint density at radius 2 is 1.05 bits per heavy atom. The van der Waals surface area contributed by atoms with Crippen molar-refractivity contribution < 1.29 is 33.4 Å². The average Bonchev–Trinajstić information content (AvgIpc) is 3.29. The molecule has 0 spiro atoms. The van der Waals surface area contributed by atoms with E-state index < -0.39 is 10.2 Å². The van der Waals surface area contributed by atoms with Gasteiger partial charge < -0.3 is 0 Å². The van der Waals surface area contributed by atoms with Crippen LogP contribution in [0.4, 0.5) is 0 Å². The van der Waals surface area contributed by atoms with Crippen LogP contribution in [0.5, 0.6) is 0 Å². The largest absolute Gasteiger partial charge is 0.271 e. The molecule has 1 aromatic heterocycles. The van der Waals surface area contributed by atoms with Crippen LogP contribution in [0, 0.1) is 10.2 Å². The van der Waals surface area contributed by atoms with Crippen LogP contribution < -0.4 is 23.2 Å². The van der Waals surface area contributed by atoms with Crippen LogP contribution in [0.3, 0.4) is 0 Å². The summed E-state index contributed by atoms with van der Waals surface area (Å²) >= 11 is 14.4. The first-order valence-corrected chi connectivity index (χ1v) is 15.1. The number of hydrogen-bond acceptors (Lipinski definition) is 5. The predicted molar refractivity (Wildman–Crippen MR) is 155 cm³/mol. The fourth-order valence-electron chi connectivity index (χ4n) is 4.71. The molecule has 0 saturated carbocycles. The van der Waals surface area contributed by atoms with E-state index in [-0.39, 0.29) is 0 Å². The van der Waals surface area contributed by atoms with Gasteiger partial charge in [-0.2, -0.15) is 4.57 Å². The molecular formula is C32H22Cl3NO4S. The molecule has 0 radical (unpaired) electrons. The van der Waals surface area contributed by atoms with Crippen molar-refractivity contribution in [1.82, 2.24) is 0 Å². The maximum absolute atomic E-state index is 8.49. The minimum Gasteiger partial charge on any atom is -0.222 e. The third-order valence-corrected chi connectivity index (χ3v) is 8.25. The van der Waals surface area contributed by atoms with Gasteiger partial charge in [0.15, 0.2) is 0 Å². The molecule has 6 aromatic rings. The molecule has 206 valence electrons. The number of para-hydroxylation sites is 1. The van der Waals surface area contributed by atoms with Crippen molar-refractivity contribution in [2.75, 3.05) is 0 Å². The van der Waals surface area contributed by atoms with Crippen molar-refractivity contribution in [3.05, 3.63) is 125 Å². The van der Waals surface area contributed by atoms with Gasteiger partial charge in [0.2, 0.25) is 5.52 Å². The Labute approximate surface area is 253 Å². The maximum atomic E-state index is 8.49. The zero-order chi connectivity index (χ0) is 29.1. The fraction of sp³-hybridized carbons (Fsp3) is 0.0312. The number of halogens is 3.